The van der Waals surface area contributed by atoms with E-state index in [1.807, 2.05) is 0 Å². The Morgan fingerprint density at radius 1 is 1.53 bits per heavy atom. The Hall–Kier alpha value is -1.77. The summed E-state index contributed by atoms with van der Waals surface area (Å²) in [5.41, 5.74) is -0.975. The van der Waals surface area contributed by atoms with Crippen molar-refractivity contribution in [2.75, 3.05) is 11.9 Å². The van der Waals surface area contributed by atoms with Crippen molar-refractivity contribution in [2.24, 2.45) is 5.41 Å². The molecular formula is C8H13N5O3S. The number of hydrogen-bond acceptors (Lipinski definition) is 6. The lowest BCUT2D eigenvalue weighted by molar-refractivity contribution is -0.147. The highest BCUT2D eigenvalue weighted by atomic mass is 32.1. The van der Waals surface area contributed by atoms with Gasteiger partial charge in [-0.25, -0.2) is 4.79 Å². The average Bonchev–Trinajstić information content (AvgIpc) is 2.78. The first kappa shape index (κ1) is 13.3. The van der Waals surface area contributed by atoms with E-state index in [2.05, 4.69) is 25.4 Å². The van der Waals surface area contributed by atoms with Gasteiger partial charge in [0.15, 0.2) is 0 Å². The second kappa shape index (κ2) is 5.53. The van der Waals surface area contributed by atoms with Crippen molar-refractivity contribution < 1.29 is 14.7 Å². The molecule has 0 aromatic carbocycles. The van der Waals surface area contributed by atoms with E-state index >= 15 is 0 Å². The lowest BCUT2D eigenvalue weighted by Crippen LogP contribution is -2.42. The van der Waals surface area contributed by atoms with Crippen molar-refractivity contribution >= 4 is 28.7 Å². The van der Waals surface area contributed by atoms with Gasteiger partial charge >= 0.3 is 12.0 Å². The number of carbonyl (C=O) groups excluding carboxylic acids is 1. The van der Waals surface area contributed by atoms with Gasteiger partial charge in [-0.15, -0.1) is 0 Å². The monoisotopic (exact) mass is 259 g/mol. The van der Waals surface area contributed by atoms with Gasteiger partial charge in [-0.3, -0.25) is 10.1 Å². The average molecular weight is 259 g/mol. The number of carboxylic acids is 1. The first-order valence-corrected chi connectivity index (χ1v) is 5.68. The van der Waals surface area contributed by atoms with Crippen molar-refractivity contribution in [3.8, 4) is 0 Å². The van der Waals surface area contributed by atoms with E-state index in [-0.39, 0.29) is 11.7 Å². The number of nitrogens with one attached hydrogen (secondary N) is 2. The van der Waals surface area contributed by atoms with Crippen LogP contribution in [-0.4, -0.2) is 38.5 Å². The van der Waals surface area contributed by atoms with Crippen molar-refractivity contribution in [3.63, 3.8) is 0 Å². The van der Waals surface area contributed by atoms with Gasteiger partial charge in [0, 0.05) is 18.1 Å². The summed E-state index contributed by atoms with van der Waals surface area (Å²) in [4.78, 5) is 22.4. The van der Waals surface area contributed by atoms with Crippen LogP contribution in [0.4, 0.5) is 9.93 Å². The maximum Gasteiger partial charge on any atom is 0.321 e. The highest BCUT2D eigenvalue weighted by Gasteiger charge is 2.31. The zero-order chi connectivity index (χ0) is 12.9. The molecule has 94 valence electrons. The molecule has 0 fully saturated rings. The largest absolute Gasteiger partial charge is 0.481 e. The van der Waals surface area contributed by atoms with Crippen LogP contribution >= 0.6 is 11.5 Å². The predicted octanol–water partition coefficient (Wildman–Crippen LogP) is 0.555. The molecule has 1 atom stereocenters. The molecule has 1 unspecified atom stereocenters. The number of aromatic nitrogens is 3. The molecule has 1 heterocycles. The smallest absolute Gasteiger partial charge is 0.321 e. The third-order valence-corrected chi connectivity index (χ3v) is 2.97. The second-order valence-corrected chi connectivity index (χ2v) is 4.43. The summed E-state index contributed by atoms with van der Waals surface area (Å²) in [5, 5.41) is 21.0. The summed E-state index contributed by atoms with van der Waals surface area (Å²) >= 11 is 0.936. The van der Waals surface area contributed by atoms with Crippen LogP contribution in [0.5, 0.6) is 0 Å². The van der Waals surface area contributed by atoms with E-state index in [0.29, 0.717) is 6.42 Å². The van der Waals surface area contributed by atoms with Gasteiger partial charge in [-0.05, 0) is 18.6 Å². The van der Waals surface area contributed by atoms with Crippen molar-refractivity contribution in [2.45, 2.75) is 20.3 Å². The van der Waals surface area contributed by atoms with Gasteiger partial charge in [0.25, 0.3) is 0 Å². The highest BCUT2D eigenvalue weighted by molar-refractivity contribution is 7.09. The van der Waals surface area contributed by atoms with Crippen LogP contribution in [0.25, 0.3) is 0 Å². The SMILES string of the molecule is CCC(C)(CNC(=O)Nc1nnns1)C(=O)O. The number of urea groups is 1. The molecule has 8 nitrogen and oxygen atoms in total. The number of anilines is 1. The maximum absolute atomic E-state index is 11.4. The van der Waals surface area contributed by atoms with Crippen LogP contribution in [0.15, 0.2) is 0 Å². The zero-order valence-electron chi connectivity index (χ0n) is 9.43. The van der Waals surface area contributed by atoms with Crippen molar-refractivity contribution in [1.82, 2.24) is 20.1 Å². The summed E-state index contributed by atoms with van der Waals surface area (Å²) in [7, 11) is 0. The van der Waals surface area contributed by atoms with Crippen LogP contribution in [0.3, 0.4) is 0 Å². The number of nitrogens with zero attached hydrogens (tertiary/aromatic N) is 3. The Morgan fingerprint density at radius 3 is 2.71 bits per heavy atom. The molecule has 0 bridgehead atoms. The summed E-state index contributed by atoms with van der Waals surface area (Å²) in [6, 6.07) is -0.524. The lowest BCUT2D eigenvalue weighted by Gasteiger charge is -2.22. The molecule has 0 aliphatic rings. The molecule has 0 saturated carbocycles. The van der Waals surface area contributed by atoms with E-state index in [1.54, 1.807) is 13.8 Å². The Bertz CT molecular complexity index is 396. The molecule has 9 heteroatoms. The third kappa shape index (κ3) is 3.63. The topological polar surface area (TPSA) is 117 Å². The highest BCUT2D eigenvalue weighted by Crippen LogP contribution is 2.19. The number of carboxylic acid groups (broad SMARTS) is 1. The number of rotatable bonds is 5. The molecule has 2 amide bonds. The van der Waals surface area contributed by atoms with Crippen LogP contribution in [0.1, 0.15) is 20.3 Å². The molecule has 1 rings (SSSR count). The first-order chi connectivity index (χ1) is 7.98. The predicted molar refractivity (Wildman–Crippen MR) is 60.8 cm³/mol. The van der Waals surface area contributed by atoms with E-state index in [9.17, 15) is 9.59 Å². The van der Waals surface area contributed by atoms with Crippen LogP contribution < -0.4 is 10.6 Å². The summed E-state index contributed by atoms with van der Waals surface area (Å²) in [6.07, 6.45) is 0.420. The quantitative estimate of drug-likeness (QED) is 0.711. The Labute approximate surface area is 102 Å². The zero-order valence-corrected chi connectivity index (χ0v) is 10.2. The van der Waals surface area contributed by atoms with Crippen LogP contribution in [0.2, 0.25) is 0 Å². The molecule has 0 aliphatic heterocycles. The van der Waals surface area contributed by atoms with Gasteiger partial charge in [0.05, 0.1) is 5.41 Å². The first-order valence-electron chi connectivity index (χ1n) is 4.91. The van der Waals surface area contributed by atoms with E-state index in [1.165, 1.54) is 0 Å². The Morgan fingerprint density at radius 2 is 2.24 bits per heavy atom. The fourth-order valence-electron chi connectivity index (χ4n) is 0.950. The maximum atomic E-state index is 11.4. The minimum absolute atomic E-state index is 0.0386. The minimum Gasteiger partial charge on any atom is -0.481 e. The van der Waals surface area contributed by atoms with E-state index in [0.717, 1.165) is 11.5 Å². The molecule has 1 aromatic heterocycles. The molecule has 17 heavy (non-hydrogen) atoms. The Balaban J connectivity index is 2.45. The van der Waals surface area contributed by atoms with E-state index < -0.39 is 17.4 Å². The molecule has 0 aliphatic carbocycles. The van der Waals surface area contributed by atoms with Gasteiger partial charge in [0.1, 0.15) is 0 Å². The minimum atomic E-state index is -0.975. The van der Waals surface area contributed by atoms with Gasteiger partial charge in [-0.1, -0.05) is 16.5 Å². The fraction of sp³-hybridized carbons (Fsp3) is 0.625. The van der Waals surface area contributed by atoms with Gasteiger partial charge < -0.3 is 10.4 Å². The standard InChI is InChI=1S/C8H13N5O3S/c1-3-8(2,5(14)15)4-9-6(16)10-7-11-12-13-17-7/h3-4H2,1-2H3,(H,14,15)(H2,9,10,11,13,16). The summed E-state index contributed by atoms with van der Waals surface area (Å²) in [5.74, 6) is -0.946. The van der Waals surface area contributed by atoms with Crippen molar-refractivity contribution in [1.29, 1.82) is 0 Å². The number of carbonyl (C=O) groups is 2. The third-order valence-electron chi connectivity index (χ3n) is 2.46. The van der Waals surface area contributed by atoms with Crippen molar-refractivity contribution in [3.05, 3.63) is 0 Å². The fourth-order valence-corrected chi connectivity index (χ4v) is 1.31. The van der Waals surface area contributed by atoms with Gasteiger partial charge in [-0.2, -0.15) is 0 Å². The molecule has 0 spiro atoms. The summed E-state index contributed by atoms with van der Waals surface area (Å²) < 4.78 is 3.47. The van der Waals surface area contributed by atoms with E-state index in [4.69, 9.17) is 5.11 Å². The molecule has 0 radical (unpaired) electrons. The molecule has 3 N–H and O–H groups in total. The van der Waals surface area contributed by atoms with Crippen LogP contribution in [-0.2, 0) is 4.79 Å². The number of amides is 2. The second-order valence-electron chi connectivity index (χ2n) is 3.69. The molecule has 0 saturated heterocycles. The normalized spacial score (nSPS) is 13.8. The molecule has 1 aromatic rings. The van der Waals surface area contributed by atoms with Gasteiger partial charge in [0.2, 0.25) is 5.13 Å². The summed E-state index contributed by atoms with van der Waals surface area (Å²) in [6.45, 7) is 3.36. The number of hydrogen-bond donors (Lipinski definition) is 3. The Kier molecular flexibility index (Phi) is 4.32. The molecular weight excluding hydrogens is 246 g/mol. The van der Waals surface area contributed by atoms with Crippen LogP contribution in [0, 0.1) is 5.41 Å². The lowest BCUT2D eigenvalue weighted by atomic mass is 9.88. The number of aliphatic carboxylic acids is 1.